The third-order valence-electron chi connectivity index (χ3n) is 6.54. The lowest BCUT2D eigenvalue weighted by Crippen LogP contribution is -2.40. The van der Waals surface area contributed by atoms with Gasteiger partial charge in [0.1, 0.15) is 0 Å². The third-order valence-corrected chi connectivity index (χ3v) is 9.03. The van der Waals surface area contributed by atoms with E-state index in [-0.39, 0.29) is 5.56 Å². The third kappa shape index (κ3) is 4.88. The number of hydrogen-bond donors (Lipinski definition) is 0. The largest absolute Gasteiger partial charge is 0.466 e. The van der Waals surface area contributed by atoms with Gasteiger partial charge in [0.15, 0.2) is 4.80 Å². The number of thioether (sulfide) groups is 1. The van der Waals surface area contributed by atoms with Crippen LogP contribution in [0.2, 0.25) is 0 Å². The molecule has 0 fully saturated rings. The topological polar surface area (TPSA) is 60.7 Å². The van der Waals surface area contributed by atoms with Crippen molar-refractivity contribution in [2.45, 2.75) is 38.1 Å². The van der Waals surface area contributed by atoms with Gasteiger partial charge < -0.3 is 4.74 Å². The van der Waals surface area contributed by atoms with Crippen LogP contribution < -0.4 is 14.9 Å². The first-order valence-electron chi connectivity index (χ1n) is 12.8. The zero-order valence-electron chi connectivity index (χ0n) is 21.9. The molecule has 2 heterocycles. The minimum absolute atomic E-state index is 0.165. The van der Waals surface area contributed by atoms with E-state index in [2.05, 4.69) is 44.2 Å². The van der Waals surface area contributed by atoms with Crippen molar-refractivity contribution >= 4 is 45.9 Å². The average Bonchev–Trinajstić information content (AvgIpc) is 3.25. The van der Waals surface area contributed by atoms with E-state index in [4.69, 9.17) is 9.73 Å². The SMILES string of the molecule is CCC1=C(C(=O)OC)[C@@H](c2ccccc2)n2c(s/c(=C\c3ccc(SCC(C)C)c4ccccc34)c2=O)=N1. The maximum absolute atomic E-state index is 13.9. The number of nitrogens with zero attached hydrogens (tertiary/aromatic N) is 2. The number of carbonyl (C=O) groups is 1. The van der Waals surface area contributed by atoms with Gasteiger partial charge in [-0.25, -0.2) is 9.79 Å². The number of allylic oxidation sites excluding steroid dienone is 1. The highest BCUT2D eigenvalue weighted by molar-refractivity contribution is 7.99. The molecule has 0 aliphatic carbocycles. The second-order valence-corrected chi connectivity index (χ2v) is 11.7. The fourth-order valence-electron chi connectivity index (χ4n) is 4.76. The smallest absolute Gasteiger partial charge is 0.338 e. The highest BCUT2D eigenvalue weighted by atomic mass is 32.2. The Labute approximate surface area is 230 Å². The highest BCUT2D eigenvalue weighted by Crippen LogP contribution is 2.33. The molecule has 194 valence electrons. The molecule has 0 bridgehead atoms. The van der Waals surface area contributed by atoms with E-state index in [1.54, 1.807) is 4.57 Å². The molecule has 0 saturated heterocycles. The molecule has 0 radical (unpaired) electrons. The molecule has 4 aromatic rings. The molecule has 3 aromatic carbocycles. The molecule has 0 unspecified atom stereocenters. The van der Waals surface area contributed by atoms with Crippen LogP contribution in [0.15, 0.2) is 92.7 Å². The van der Waals surface area contributed by atoms with E-state index in [0.717, 1.165) is 22.3 Å². The fourth-order valence-corrected chi connectivity index (χ4v) is 6.78. The molecule has 7 heteroatoms. The Hall–Kier alpha value is -3.42. The average molecular weight is 543 g/mol. The van der Waals surface area contributed by atoms with Gasteiger partial charge in [-0.15, -0.1) is 11.8 Å². The summed E-state index contributed by atoms with van der Waals surface area (Å²) in [6, 6.07) is 21.6. The predicted molar refractivity (Wildman–Crippen MR) is 156 cm³/mol. The van der Waals surface area contributed by atoms with Gasteiger partial charge in [-0.1, -0.05) is 92.8 Å². The molecule has 1 aliphatic heterocycles. The summed E-state index contributed by atoms with van der Waals surface area (Å²) in [5.41, 5.74) is 2.73. The lowest BCUT2D eigenvalue weighted by molar-refractivity contribution is -0.136. The maximum atomic E-state index is 13.9. The summed E-state index contributed by atoms with van der Waals surface area (Å²) < 4.78 is 7.37. The Kier molecular flexibility index (Phi) is 7.68. The summed E-state index contributed by atoms with van der Waals surface area (Å²) in [6.45, 7) is 6.41. The van der Waals surface area contributed by atoms with Crippen LogP contribution in [-0.2, 0) is 9.53 Å². The van der Waals surface area contributed by atoms with Crippen molar-refractivity contribution in [3.8, 4) is 0 Å². The summed E-state index contributed by atoms with van der Waals surface area (Å²) >= 11 is 3.22. The summed E-state index contributed by atoms with van der Waals surface area (Å²) in [7, 11) is 1.37. The minimum Gasteiger partial charge on any atom is -0.466 e. The number of rotatable bonds is 7. The molecule has 1 aliphatic rings. The number of ether oxygens (including phenoxy) is 1. The van der Waals surface area contributed by atoms with Crippen LogP contribution in [0, 0.1) is 5.92 Å². The Morgan fingerprint density at radius 2 is 1.79 bits per heavy atom. The molecule has 5 rings (SSSR count). The molecule has 0 spiro atoms. The number of hydrogen-bond acceptors (Lipinski definition) is 6. The number of esters is 1. The van der Waals surface area contributed by atoms with Crippen LogP contribution in [0.25, 0.3) is 16.8 Å². The van der Waals surface area contributed by atoms with Gasteiger partial charge in [0.05, 0.1) is 29.0 Å². The van der Waals surface area contributed by atoms with E-state index >= 15 is 0 Å². The first kappa shape index (κ1) is 26.2. The Morgan fingerprint density at radius 1 is 1.08 bits per heavy atom. The van der Waals surface area contributed by atoms with E-state index in [0.29, 0.717) is 32.9 Å². The van der Waals surface area contributed by atoms with Crippen molar-refractivity contribution in [1.82, 2.24) is 4.57 Å². The standard InChI is InChI=1S/C31H30N2O3S2/c1-5-24-27(30(35)36-4)28(20-11-7-6-8-12-20)33-29(34)26(38-31(33)32-24)17-21-15-16-25(37-18-19(2)3)23-14-10-9-13-22(21)23/h6-17,19,28H,5,18H2,1-4H3/b26-17-/t28-/m1/s1. The first-order chi connectivity index (χ1) is 18.4. The van der Waals surface area contributed by atoms with Crippen LogP contribution in [0.3, 0.4) is 0 Å². The zero-order chi connectivity index (χ0) is 26.8. The molecule has 0 amide bonds. The lowest BCUT2D eigenvalue weighted by atomic mass is 9.95. The summed E-state index contributed by atoms with van der Waals surface area (Å²) in [6.07, 6.45) is 2.51. The number of fused-ring (bicyclic) bond motifs is 2. The Morgan fingerprint density at radius 3 is 2.47 bits per heavy atom. The van der Waals surface area contributed by atoms with Gasteiger partial charge >= 0.3 is 5.97 Å². The second kappa shape index (κ2) is 11.1. The van der Waals surface area contributed by atoms with Crippen LogP contribution in [0.4, 0.5) is 0 Å². The van der Waals surface area contributed by atoms with Crippen LogP contribution in [0.1, 0.15) is 44.4 Å². The molecule has 0 N–H and O–H groups in total. The molecule has 1 atom stereocenters. The van der Waals surface area contributed by atoms with Gasteiger partial charge in [0, 0.05) is 10.6 Å². The van der Waals surface area contributed by atoms with Crippen molar-refractivity contribution in [2.24, 2.45) is 10.9 Å². The second-order valence-electron chi connectivity index (χ2n) is 9.60. The van der Waals surface area contributed by atoms with E-state index < -0.39 is 12.0 Å². The number of carbonyl (C=O) groups excluding carboxylic acids is 1. The Bertz CT molecular complexity index is 1720. The van der Waals surface area contributed by atoms with E-state index in [1.165, 1.54) is 28.7 Å². The highest BCUT2D eigenvalue weighted by Gasteiger charge is 2.33. The van der Waals surface area contributed by atoms with Gasteiger partial charge in [-0.05, 0) is 46.4 Å². The van der Waals surface area contributed by atoms with Crippen LogP contribution >= 0.6 is 23.1 Å². The molecule has 38 heavy (non-hydrogen) atoms. The molecule has 1 aromatic heterocycles. The van der Waals surface area contributed by atoms with Crippen LogP contribution in [0.5, 0.6) is 0 Å². The first-order valence-corrected chi connectivity index (χ1v) is 14.6. The van der Waals surface area contributed by atoms with Gasteiger partial charge in [0.2, 0.25) is 0 Å². The van der Waals surface area contributed by atoms with Crippen molar-refractivity contribution in [2.75, 3.05) is 12.9 Å². The van der Waals surface area contributed by atoms with Gasteiger partial charge in [0.25, 0.3) is 5.56 Å². The van der Waals surface area contributed by atoms with Crippen molar-refractivity contribution < 1.29 is 9.53 Å². The van der Waals surface area contributed by atoms with E-state index in [9.17, 15) is 9.59 Å². The van der Waals surface area contributed by atoms with Gasteiger partial charge in [-0.2, -0.15) is 0 Å². The van der Waals surface area contributed by atoms with Crippen molar-refractivity contribution in [3.05, 3.63) is 109 Å². The molecular formula is C31H30N2O3S2. The monoisotopic (exact) mass is 542 g/mol. The summed E-state index contributed by atoms with van der Waals surface area (Å²) in [4.78, 5) is 33.5. The fraction of sp³-hybridized carbons (Fsp3) is 0.258. The Balaban J connectivity index is 1.71. The van der Waals surface area contributed by atoms with Crippen molar-refractivity contribution in [3.63, 3.8) is 0 Å². The number of benzene rings is 3. The summed E-state index contributed by atoms with van der Waals surface area (Å²) in [5.74, 6) is 1.18. The predicted octanol–water partition coefficient (Wildman–Crippen LogP) is 5.70. The molecule has 0 saturated carbocycles. The number of thiazole rings is 1. The lowest BCUT2D eigenvalue weighted by Gasteiger charge is -2.25. The minimum atomic E-state index is -0.594. The van der Waals surface area contributed by atoms with Crippen LogP contribution in [-0.4, -0.2) is 23.4 Å². The maximum Gasteiger partial charge on any atom is 0.338 e. The summed E-state index contributed by atoms with van der Waals surface area (Å²) in [5, 5.41) is 2.29. The van der Waals surface area contributed by atoms with E-state index in [1.807, 2.05) is 61.2 Å². The zero-order valence-corrected chi connectivity index (χ0v) is 23.6. The number of methoxy groups -OCH3 is 1. The number of aromatic nitrogens is 1. The quantitative estimate of drug-likeness (QED) is 0.222. The molecular weight excluding hydrogens is 512 g/mol. The normalized spacial score (nSPS) is 15.6. The van der Waals surface area contributed by atoms with Crippen molar-refractivity contribution in [1.29, 1.82) is 0 Å². The van der Waals surface area contributed by atoms with Gasteiger partial charge in [-0.3, -0.25) is 9.36 Å². The molecule has 5 nitrogen and oxygen atoms in total.